The molecule has 2 aromatic heterocycles. The van der Waals surface area contributed by atoms with E-state index in [1.54, 1.807) is 6.20 Å². The van der Waals surface area contributed by atoms with Crippen LogP contribution >= 0.6 is 0 Å². The number of amides is 1. The van der Waals surface area contributed by atoms with E-state index in [4.69, 9.17) is 5.73 Å². The molecule has 3 N–H and O–H groups in total. The predicted molar refractivity (Wildman–Crippen MR) is 75.4 cm³/mol. The van der Waals surface area contributed by atoms with Crippen LogP contribution in [0.1, 0.15) is 21.6 Å². The van der Waals surface area contributed by atoms with Crippen LogP contribution in [0.2, 0.25) is 0 Å². The second-order valence-corrected chi connectivity index (χ2v) is 4.37. The molecule has 0 aromatic carbocycles. The zero-order valence-electron chi connectivity index (χ0n) is 11.2. The van der Waals surface area contributed by atoms with Gasteiger partial charge in [-0.2, -0.15) is 0 Å². The first kappa shape index (κ1) is 14.4. The van der Waals surface area contributed by atoms with Crippen LogP contribution in [0, 0.1) is 17.0 Å². The lowest BCUT2D eigenvalue weighted by atomic mass is 10.2. The monoisotopic (exact) mass is 287 g/mol. The average molecular weight is 287 g/mol. The molecule has 0 aliphatic heterocycles. The molecule has 0 fully saturated rings. The van der Waals surface area contributed by atoms with E-state index in [1.807, 2.05) is 19.1 Å². The van der Waals surface area contributed by atoms with Gasteiger partial charge >= 0.3 is 0 Å². The van der Waals surface area contributed by atoms with Gasteiger partial charge in [0.25, 0.3) is 11.6 Å². The Morgan fingerprint density at radius 2 is 2.14 bits per heavy atom. The Bertz CT molecular complexity index is 685. The molecule has 0 aliphatic rings. The minimum atomic E-state index is -0.632. The number of aromatic nitrogens is 2. The van der Waals surface area contributed by atoms with Crippen molar-refractivity contribution >= 4 is 17.4 Å². The largest absolute Gasteiger partial charge is 0.383 e. The number of nitro groups is 1. The fourth-order valence-corrected chi connectivity index (χ4v) is 1.63. The molecule has 108 valence electrons. The molecule has 0 atom stereocenters. The van der Waals surface area contributed by atoms with Crippen molar-refractivity contribution in [1.82, 2.24) is 15.3 Å². The van der Waals surface area contributed by atoms with Crippen LogP contribution < -0.4 is 11.1 Å². The molecule has 0 saturated carbocycles. The molecular weight excluding hydrogens is 274 g/mol. The highest BCUT2D eigenvalue weighted by Gasteiger charge is 2.16. The molecule has 0 spiro atoms. The molecule has 21 heavy (non-hydrogen) atoms. The summed E-state index contributed by atoms with van der Waals surface area (Å²) in [6.07, 6.45) is 2.65. The highest BCUT2D eigenvalue weighted by Crippen LogP contribution is 2.16. The van der Waals surface area contributed by atoms with Gasteiger partial charge in [0.05, 0.1) is 10.5 Å². The molecule has 8 nitrogen and oxygen atoms in total. The summed E-state index contributed by atoms with van der Waals surface area (Å²) in [6.45, 7) is 2.10. The number of nitrogens with one attached hydrogen (secondary N) is 1. The van der Waals surface area contributed by atoms with Gasteiger partial charge in [0, 0.05) is 24.5 Å². The van der Waals surface area contributed by atoms with Crippen molar-refractivity contribution in [3.05, 3.63) is 57.5 Å². The van der Waals surface area contributed by atoms with Crippen LogP contribution in [-0.2, 0) is 6.54 Å². The van der Waals surface area contributed by atoms with Crippen molar-refractivity contribution in [1.29, 1.82) is 0 Å². The van der Waals surface area contributed by atoms with Crippen molar-refractivity contribution < 1.29 is 9.72 Å². The van der Waals surface area contributed by atoms with E-state index in [0.29, 0.717) is 0 Å². The zero-order valence-corrected chi connectivity index (χ0v) is 11.2. The van der Waals surface area contributed by atoms with E-state index in [-0.39, 0.29) is 23.6 Å². The fraction of sp³-hybridized carbons (Fsp3) is 0.154. The standard InChI is InChI=1S/C13H13N5O3/c1-8-2-3-9(5-15-8)6-17-13(19)11-4-10(18(20)21)7-16-12(11)14/h2-5,7H,6H2,1H3,(H2,14,16)(H,17,19). The lowest BCUT2D eigenvalue weighted by Gasteiger charge is -2.07. The van der Waals surface area contributed by atoms with E-state index < -0.39 is 10.8 Å². The number of carbonyl (C=O) groups is 1. The van der Waals surface area contributed by atoms with Gasteiger partial charge in [0.1, 0.15) is 12.0 Å². The summed E-state index contributed by atoms with van der Waals surface area (Å²) in [4.78, 5) is 29.8. The molecule has 2 aromatic rings. The average Bonchev–Trinajstić information content (AvgIpc) is 2.46. The molecular formula is C13H13N5O3. The number of hydrogen-bond acceptors (Lipinski definition) is 6. The number of aryl methyl sites for hydroxylation is 1. The predicted octanol–water partition coefficient (Wildman–Crippen LogP) is 1.21. The van der Waals surface area contributed by atoms with Gasteiger partial charge in [-0.1, -0.05) is 6.07 Å². The van der Waals surface area contributed by atoms with Gasteiger partial charge in [-0.3, -0.25) is 19.9 Å². The lowest BCUT2D eigenvalue weighted by molar-refractivity contribution is -0.385. The summed E-state index contributed by atoms with van der Waals surface area (Å²) >= 11 is 0. The van der Waals surface area contributed by atoms with Crippen LogP contribution in [0.3, 0.4) is 0 Å². The molecule has 0 unspecified atom stereocenters. The maximum Gasteiger partial charge on any atom is 0.288 e. The molecule has 1 amide bonds. The first-order valence-electron chi connectivity index (χ1n) is 6.07. The minimum Gasteiger partial charge on any atom is -0.383 e. The molecule has 0 saturated heterocycles. The Labute approximate surface area is 120 Å². The first-order valence-corrected chi connectivity index (χ1v) is 6.07. The Morgan fingerprint density at radius 3 is 2.76 bits per heavy atom. The normalized spacial score (nSPS) is 10.1. The van der Waals surface area contributed by atoms with Crippen LogP contribution in [0.15, 0.2) is 30.6 Å². The Balaban J connectivity index is 2.11. The number of nitrogens with zero attached hydrogens (tertiary/aromatic N) is 3. The number of anilines is 1. The quantitative estimate of drug-likeness (QED) is 0.643. The van der Waals surface area contributed by atoms with E-state index in [2.05, 4.69) is 15.3 Å². The summed E-state index contributed by atoms with van der Waals surface area (Å²) in [5, 5.41) is 13.3. The van der Waals surface area contributed by atoms with Crippen LogP contribution in [0.4, 0.5) is 11.5 Å². The molecule has 2 heterocycles. The fourth-order valence-electron chi connectivity index (χ4n) is 1.63. The minimum absolute atomic E-state index is 0.0238. The van der Waals surface area contributed by atoms with Crippen molar-refractivity contribution in [2.45, 2.75) is 13.5 Å². The van der Waals surface area contributed by atoms with E-state index >= 15 is 0 Å². The Hall–Kier alpha value is -3.03. The van der Waals surface area contributed by atoms with Gasteiger partial charge in [-0.15, -0.1) is 0 Å². The number of rotatable bonds is 4. The second-order valence-electron chi connectivity index (χ2n) is 4.37. The number of hydrogen-bond donors (Lipinski definition) is 2. The number of pyridine rings is 2. The highest BCUT2D eigenvalue weighted by atomic mass is 16.6. The number of nitrogen functional groups attached to an aromatic ring is 1. The third-order valence-electron chi connectivity index (χ3n) is 2.79. The smallest absolute Gasteiger partial charge is 0.288 e. The van der Waals surface area contributed by atoms with Crippen molar-refractivity contribution in [2.75, 3.05) is 5.73 Å². The lowest BCUT2D eigenvalue weighted by Crippen LogP contribution is -2.24. The van der Waals surface area contributed by atoms with Crippen molar-refractivity contribution in [3.8, 4) is 0 Å². The van der Waals surface area contributed by atoms with Gasteiger partial charge in [0.15, 0.2) is 0 Å². The summed E-state index contributed by atoms with van der Waals surface area (Å²) < 4.78 is 0. The molecule has 0 radical (unpaired) electrons. The third-order valence-corrected chi connectivity index (χ3v) is 2.79. The third kappa shape index (κ3) is 3.50. The summed E-state index contributed by atoms with van der Waals surface area (Å²) in [6, 6.07) is 4.76. The second kappa shape index (κ2) is 5.95. The van der Waals surface area contributed by atoms with E-state index in [1.165, 1.54) is 0 Å². The van der Waals surface area contributed by atoms with Gasteiger partial charge in [-0.05, 0) is 18.6 Å². The Morgan fingerprint density at radius 1 is 1.38 bits per heavy atom. The molecule has 8 heteroatoms. The topological polar surface area (TPSA) is 124 Å². The van der Waals surface area contributed by atoms with E-state index in [0.717, 1.165) is 23.5 Å². The summed E-state index contributed by atoms with van der Waals surface area (Å²) in [7, 11) is 0. The maximum atomic E-state index is 12.0. The SMILES string of the molecule is Cc1ccc(CNC(=O)c2cc([N+](=O)[O-])cnc2N)cn1. The van der Waals surface area contributed by atoms with Crippen molar-refractivity contribution in [3.63, 3.8) is 0 Å². The summed E-state index contributed by atoms with van der Waals surface area (Å²) in [5.41, 5.74) is 6.95. The zero-order chi connectivity index (χ0) is 15.4. The van der Waals surface area contributed by atoms with Crippen LogP contribution in [0.25, 0.3) is 0 Å². The van der Waals surface area contributed by atoms with E-state index in [9.17, 15) is 14.9 Å². The van der Waals surface area contributed by atoms with Crippen molar-refractivity contribution in [2.24, 2.45) is 0 Å². The van der Waals surface area contributed by atoms with Gasteiger partial charge in [0.2, 0.25) is 0 Å². The maximum absolute atomic E-state index is 12.0. The number of nitrogens with two attached hydrogens (primary N) is 1. The molecule has 2 rings (SSSR count). The Kier molecular flexibility index (Phi) is 4.07. The van der Waals surface area contributed by atoms with Gasteiger partial charge in [-0.25, -0.2) is 4.98 Å². The molecule has 0 aliphatic carbocycles. The summed E-state index contributed by atoms with van der Waals surface area (Å²) in [5.74, 6) is -0.579. The first-order chi connectivity index (χ1) is 9.97. The van der Waals surface area contributed by atoms with Crippen LogP contribution in [0.5, 0.6) is 0 Å². The van der Waals surface area contributed by atoms with Crippen LogP contribution in [-0.4, -0.2) is 20.8 Å². The number of carbonyl (C=O) groups excluding carboxylic acids is 1. The van der Waals surface area contributed by atoms with Gasteiger partial charge < -0.3 is 11.1 Å². The highest BCUT2D eigenvalue weighted by molar-refractivity contribution is 5.98. The molecule has 0 bridgehead atoms.